The molecule has 0 radical (unpaired) electrons. The number of hydrogen-bond donors (Lipinski definition) is 2. The second-order valence-electron chi connectivity index (χ2n) is 0. The van der Waals surface area contributed by atoms with Crippen LogP contribution in [0.2, 0.25) is 0 Å². The zero-order chi connectivity index (χ0) is 12.0. The van der Waals surface area contributed by atoms with Crippen LogP contribution >= 0.6 is 0 Å². The van der Waals surface area contributed by atoms with Gasteiger partial charge in [-0.05, 0) is 0 Å². The molecule has 0 aromatic heterocycles. The van der Waals surface area contributed by atoms with Crippen LogP contribution in [0.25, 0.3) is 0 Å². The molecule has 0 aromatic rings. The van der Waals surface area contributed by atoms with Crippen molar-refractivity contribution in [3.63, 3.8) is 0 Å². The minimum Gasteiger partial charge on any atom is -0.400 e. The van der Waals surface area contributed by atoms with E-state index in [2.05, 4.69) is 0 Å². The molecule has 2 nitrogen and oxygen atoms in total. The molecular formula is C10H32Ar3O2. The van der Waals surface area contributed by atoms with Crippen molar-refractivity contribution in [2.45, 2.75) is 55.4 Å². The molecule has 0 fully saturated rings. The second kappa shape index (κ2) is 361. The van der Waals surface area contributed by atoms with Gasteiger partial charge in [-0.3, -0.25) is 0 Å². The van der Waals surface area contributed by atoms with Crippen molar-refractivity contribution in [3.8, 4) is 0 Å². The summed E-state index contributed by atoms with van der Waals surface area (Å²) in [5.41, 5.74) is 0. The number of aliphatic hydroxyl groups is 2. The standard InChI is InChI=1S/4C2H6.2CH4O.3Ar/c6*1-2;;;/h4*1-2H3;2*2H,1H3;;;. The Balaban J connectivity index is -0.00000000396. The Morgan fingerprint density at radius 3 is 0.333 bits per heavy atom. The van der Waals surface area contributed by atoms with E-state index in [1.807, 2.05) is 55.4 Å². The van der Waals surface area contributed by atoms with Crippen molar-refractivity contribution in [2.75, 3.05) is 14.2 Å². The largest absolute Gasteiger partial charge is 0.400 e. The van der Waals surface area contributed by atoms with E-state index in [0.717, 1.165) is 14.2 Å². The van der Waals surface area contributed by atoms with Gasteiger partial charge in [-0.1, -0.05) is 55.4 Å². The average Bonchev–Trinajstić information content (AvgIpc) is 2.33. The molecular weight excluding hydrogens is 272 g/mol. The zero-order valence-electron chi connectivity index (χ0n) is 12.0. The van der Waals surface area contributed by atoms with Crippen LogP contribution in [0.15, 0.2) is 0 Å². The van der Waals surface area contributed by atoms with Gasteiger partial charge in [0, 0.05) is 127 Å². The second-order valence-corrected chi connectivity index (χ2v) is 0. The van der Waals surface area contributed by atoms with E-state index in [0.29, 0.717) is 0 Å². The van der Waals surface area contributed by atoms with Gasteiger partial charge in [-0.25, -0.2) is 0 Å². The average molecular weight is 304 g/mol. The summed E-state index contributed by atoms with van der Waals surface area (Å²) >= 11 is 0. The predicted octanol–water partition coefficient (Wildman–Crippen LogP) is 3.32. The van der Waals surface area contributed by atoms with E-state index >= 15 is 0 Å². The minimum absolute atomic E-state index is 0. The quantitative estimate of drug-likeness (QED) is 0.721. The van der Waals surface area contributed by atoms with E-state index in [1.165, 1.54) is 0 Å². The first-order valence-electron chi connectivity index (χ1n) is 4.89. The van der Waals surface area contributed by atoms with Crippen LogP contribution in [0.4, 0.5) is 0 Å². The van der Waals surface area contributed by atoms with Crippen molar-refractivity contribution in [3.05, 3.63) is 0 Å². The Morgan fingerprint density at radius 1 is 0.333 bits per heavy atom. The van der Waals surface area contributed by atoms with Crippen LogP contribution in [0.1, 0.15) is 55.4 Å². The molecule has 0 heterocycles. The summed E-state index contributed by atoms with van der Waals surface area (Å²) in [6.07, 6.45) is 0. The van der Waals surface area contributed by atoms with Gasteiger partial charge in [0.1, 0.15) is 0 Å². The Hall–Kier alpha value is 3.70. The minimum atomic E-state index is 0. The number of aliphatic hydroxyl groups excluding tert-OH is 2. The molecule has 0 aliphatic heterocycles. The van der Waals surface area contributed by atoms with Gasteiger partial charge in [0.25, 0.3) is 0 Å². The molecule has 5 heteroatoms. The monoisotopic (exact) mass is 304 g/mol. The van der Waals surface area contributed by atoms with Crippen molar-refractivity contribution < 1.29 is 123 Å². The first-order valence-corrected chi connectivity index (χ1v) is 4.89. The fourth-order valence-electron chi connectivity index (χ4n) is 0. The van der Waals surface area contributed by atoms with Gasteiger partial charge in [-0.15, -0.1) is 0 Å². The molecule has 0 unspecified atom stereocenters. The van der Waals surface area contributed by atoms with E-state index in [-0.39, 0.29) is 113 Å². The molecule has 0 aliphatic rings. The zero-order valence-corrected chi connectivity index (χ0v) is 14.1. The smallest absolute Gasteiger partial charge is 0.0319 e. The van der Waals surface area contributed by atoms with E-state index in [4.69, 9.17) is 10.2 Å². The molecule has 0 bridgehead atoms. The molecule has 108 valence electrons. The molecule has 0 saturated carbocycles. The van der Waals surface area contributed by atoms with Crippen LogP contribution in [0.5, 0.6) is 0 Å². The number of hydrogen-bond acceptors (Lipinski definition) is 2. The van der Waals surface area contributed by atoms with Gasteiger partial charge in [0.2, 0.25) is 0 Å². The molecule has 0 amide bonds. The van der Waals surface area contributed by atoms with Crippen LogP contribution in [0, 0.1) is 113 Å². The maximum atomic E-state index is 7.00. The Kier molecular flexibility index (Phi) is 1500. The Morgan fingerprint density at radius 2 is 0.333 bits per heavy atom. The summed E-state index contributed by atoms with van der Waals surface area (Å²) in [4.78, 5) is 0. The topological polar surface area (TPSA) is 40.5 Å². The first-order chi connectivity index (χ1) is 6.00. The third-order valence-corrected chi connectivity index (χ3v) is 0. The van der Waals surface area contributed by atoms with Gasteiger partial charge < -0.3 is 10.2 Å². The Labute approximate surface area is 189 Å². The van der Waals surface area contributed by atoms with Crippen molar-refractivity contribution in [2.24, 2.45) is 0 Å². The van der Waals surface area contributed by atoms with Gasteiger partial charge in [0.15, 0.2) is 0 Å². The van der Waals surface area contributed by atoms with Crippen molar-refractivity contribution in [1.29, 1.82) is 0 Å². The number of rotatable bonds is 0. The summed E-state index contributed by atoms with van der Waals surface area (Å²) in [5, 5.41) is 14.0. The fraction of sp³-hybridized carbons (Fsp3) is 1.00. The van der Waals surface area contributed by atoms with Crippen molar-refractivity contribution in [1.82, 2.24) is 0 Å². The Bertz CT molecular complexity index is 18.6. The fourth-order valence-corrected chi connectivity index (χ4v) is 0. The third kappa shape index (κ3) is 319. The molecule has 0 rings (SSSR count). The molecule has 2 N–H and O–H groups in total. The SMILES string of the molecule is CC.CC.CC.CC.CO.CO.[Ar].[Ar].[Ar]. The first kappa shape index (κ1) is 62.3. The van der Waals surface area contributed by atoms with Gasteiger partial charge in [-0.2, -0.15) is 0 Å². The van der Waals surface area contributed by atoms with E-state index in [9.17, 15) is 0 Å². The van der Waals surface area contributed by atoms with Crippen LogP contribution in [-0.2, 0) is 0 Å². The van der Waals surface area contributed by atoms with E-state index < -0.39 is 0 Å². The molecule has 15 heavy (non-hydrogen) atoms. The van der Waals surface area contributed by atoms with Gasteiger partial charge >= 0.3 is 0 Å². The molecule has 0 aromatic carbocycles. The molecule has 0 aliphatic carbocycles. The summed E-state index contributed by atoms with van der Waals surface area (Å²) in [5.74, 6) is 0. The maximum absolute atomic E-state index is 7.00. The normalized spacial score (nSPS) is 2.40. The molecule has 0 spiro atoms. The maximum Gasteiger partial charge on any atom is 0.0319 e. The van der Waals surface area contributed by atoms with Crippen LogP contribution < -0.4 is 0 Å². The molecule has 0 atom stereocenters. The predicted molar refractivity (Wildman–Crippen MR) is 61.7 cm³/mol. The summed E-state index contributed by atoms with van der Waals surface area (Å²) in [6, 6.07) is 0. The summed E-state index contributed by atoms with van der Waals surface area (Å²) in [7, 11) is 2.00. The summed E-state index contributed by atoms with van der Waals surface area (Å²) < 4.78 is 0. The van der Waals surface area contributed by atoms with Crippen molar-refractivity contribution >= 4 is 0 Å². The van der Waals surface area contributed by atoms with Crippen LogP contribution in [0.3, 0.4) is 0 Å². The molecule has 0 saturated heterocycles. The van der Waals surface area contributed by atoms with Crippen LogP contribution in [-0.4, -0.2) is 24.4 Å². The van der Waals surface area contributed by atoms with Gasteiger partial charge in [0.05, 0.1) is 0 Å². The van der Waals surface area contributed by atoms with E-state index in [1.54, 1.807) is 0 Å². The summed E-state index contributed by atoms with van der Waals surface area (Å²) in [6.45, 7) is 16.0. The third-order valence-electron chi connectivity index (χ3n) is 0.